The molecule has 3 atom stereocenters. The number of rotatable bonds is 5. The van der Waals surface area contributed by atoms with E-state index >= 15 is 0 Å². The summed E-state index contributed by atoms with van der Waals surface area (Å²) in [4.78, 5) is 34.5. The topological polar surface area (TPSA) is 95.5 Å². The molecule has 1 saturated heterocycles. The summed E-state index contributed by atoms with van der Waals surface area (Å²) >= 11 is 0. The van der Waals surface area contributed by atoms with Crippen molar-refractivity contribution in [2.24, 2.45) is 5.92 Å². The Morgan fingerprint density at radius 3 is 2.24 bits per heavy atom. The number of carboxylic acid groups (broad SMARTS) is 1. The number of ketones is 1. The number of aliphatic carboxylic acids is 1. The van der Waals surface area contributed by atoms with Crippen molar-refractivity contribution in [1.29, 1.82) is 0 Å². The maximum atomic E-state index is 12.9. The van der Waals surface area contributed by atoms with E-state index in [1.54, 1.807) is 24.3 Å². The van der Waals surface area contributed by atoms with E-state index in [1.165, 1.54) is 19.3 Å². The highest BCUT2D eigenvalue weighted by Gasteiger charge is 2.38. The molecule has 1 amide bonds. The average molecular weight is 476 g/mol. The molecule has 2 aromatic rings. The van der Waals surface area contributed by atoms with Crippen LogP contribution in [0.1, 0.15) is 57.5 Å². The molecule has 2 fully saturated rings. The molecule has 1 aliphatic heterocycles. The number of carbonyl (C=O) groups excluding carboxylic acids is 2. The van der Waals surface area contributed by atoms with Crippen LogP contribution in [0.4, 0.5) is 13.2 Å². The van der Waals surface area contributed by atoms with Crippen LogP contribution in [0.3, 0.4) is 0 Å². The third kappa shape index (κ3) is 6.44. The Hall–Kier alpha value is -3.20. The Kier molecular flexibility index (Phi) is 8.09. The molecule has 1 aliphatic carbocycles. The molecule has 2 aromatic carbocycles. The molecule has 6 nitrogen and oxygen atoms in total. The first-order valence-corrected chi connectivity index (χ1v) is 11.1. The van der Waals surface area contributed by atoms with E-state index in [0.717, 1.165) is 17.9 Å². The lowest BCUT2D eigenvalue weighted by Gasteiger charge is -2.15. The van der Waals surface area contributed by atoms with Crippen LogP contribution in [0, 0.1) is 12.8 Å². The van der Waals surface area contributed by atoms with Crippen LogP contribution < -0.4 is 10.6 Å². The zero-order valence-electron chi connectivity index (χ0n) is 18.7. The van der Waals surface area contributed by atoms with E-state index in [0.29, 0.717) is 35.3 Å². The lowest BCUT2D eigenvalue weighted by atomic mass is 9.97. The van der Waals surface area contributed by atoms with Gasteiger partial charge in [-0.05, 0) is 38.2 Å². The van der Waals surface area contributed by atoms with Crippen LogP contribution in [0.5, 0.6) is 0 Å². The van der Waals surface area contributed by atoms with Gasteiger partial charge >= 0.3 is 12.1 Å². The number of alkyl halides is 3. The summed E-state index contributed by atoms with van der Waals surface area (Å²) in [6, 6.07) is 15.5. The molecule has 1 heterocycles. The van der Waals surface area contributed by atoms with Gasteiger partial charge in [0.1, 0.15) is 0 Å². The third-order valence-electron chi connectivity index (χ3n) is 6.18. The molecule has 34 heavy (non-hydrogen) atoms. The highest BCUT2D eigenvalue weighted by molar-refractivity contribution is 6.15. The van der Waals surface area contributed by atoms with Crippen molar-refractivity contribution in [3.63, 3.8) is 0 Å². The van der Waals surface area contributed by atoms with Crippen LogP contribution in [0.15, 0.2) is 48.5 Å². The molecule has 1 saturated carbocycles. The summed E-state index contributed by atoms with van der Waals surface area (Å²) in [6.07, 6.45) is -0.0796. The lowest BCUT2D eigenvalue weighted by Crippen LogP contribution is -2.39. The zero-order valence-corrected chi connectivity index (χ0v) is 18.7. The summed E-state index contributed by atoms with van der Waals surface area (Å²) in [7, 11) is 0. The number of halogens is 3. The Morgan fingerprint density at radius 1 is 1.03 bits per heavy atom. The summed E-state index contributed by atoms with van der Waals surface area (Å²) in [5.41, 5.74) is 2.61. The second-order valence-electron chi connectivity index (χ2n) is 8.65. The minimum Gasteiger partial charge on any atom is -0.475 e. The van der Waals surface area contributed by atoms with Gasteiger partial charge in [0.25, 0.3) is 5.91 Å². The van der Waals surface area contributed by atoms with Gasteiger partial charge in [-0.15, -0.1) is 0 Å². The standard InChI is InChI=1S/C23H26N2O2.C2HF3O2/c1-15-9-11-16(12-10-15)22(26)19-6-2-3-7-20(19)23(27)24-14-18-13-17-5-4-8-21(17)25-18;3-2(4,5)1(6)7/h2-3,6-7,9-12,17-18,21,25H,4-5,8,13-14H2,1H3,(H,24,27);(H,6,7)/t17-,18-,21-;/m0./s1. The highest BCUT2D eigenvalue weighted by atomic mass is 19.4. The third-order valence-corrected chi connectivity index (χ3v) is 6.18. The second kappa shape index (κ2) is 10.8. The number of benzene rings is 2. The number of hydrogen-bond acceptors (Lipinski definition) is 4. The Labute approximate surface area is 195 Å². The maximum Gasteiger partial charge on any atom is 0.490 e. The van der Waals surface area contributed by atoms with Gasteiger partial charge in [0.2, 0.25) is 0 Å². The maximum absolute atomic E-state index is 12.9. The molecular formula is C25H27F3N2O4. The number of carboxylic acids is 1. The van der Waals surface area contributed by atoms with Crippen molar-refractivity contribution >= 4 is 17.7 Å². The van der Waals surface area contributed by atoms with Gasteiger partial charge in [-0.1, -0.05) is 54.4 Å². The number of amides is 1. The first kappa shape index (κ1) is 25.4. The summed E-state index contributed by atoms with van der Waals surface area (Å²) in [5.74, 6) is -2.28. The first-order valence-electron chi connectivity index (χ1n) is 11.1. The van der Waals surface area contributed by atoms with E-state index in [1.807, 2.05) is 31.2 Å². The fraction of sp³-hybridized carbons (Fsp3) is 0.400. The molecular weight excluding hydrogens is 449 g/mol. The fourth-order valence-corrected chi connectivity index (χ4v) is 4.47. The monoisotopic (exact) mass is 476 g/mol. The largest absolute Gasteiger partial charge is 0.490 e. The van der Waals surface area contributed by atoms with Gasteiger partial charge in [-0.3, -0.25) is 9.59 Å². The Morgan fingerprint density at radius 2 is 1.65 bits per heavy atom. The molecule has 0 spiro atoms. The van der Waals surface area contributed by atoms with Crippen molar-refractivity contribution in [3.05, 3.63) is 70.8 Å². The number of hydrogen-bond donors (Lipinski definition) is 3. The fourth-order valence-electron chi connectivity index (χ4n) is 4.47. The van der Waals surface area contributed by atoms with Gasteiger partial charge in [-0.25, -0.2) is 4.79 Å². The van der Waals surface area contributed by atoms with Gasteiger partial charge < -0.3 is 15.7 Å². The molecule has 182 valence electrons. The normalized spacial score (nSPS) is 21.2. The number of nitrogens with one attached hydrogen (secondary N) is 2. The zero-order chi connectivity index (χ0) is 24.9. The quantitative estimate of drug-likeness (QED) is 0.565. The van der Waals surface area contributed by atoms with Crippen molar-refractivity contribution in [2.75, 3.05) is 6.54 Å². The van der Waals surface area contributed by atoms with Crippen LogP contribution in [0.25, 0.3) is 0 Å². The van der Waals surface area contributed by atoms with Crippen molar-refractivity contribution in [2.45, 2.75) is 50.9 Å². The smallest absolute Gasteiger partial charge is 0.475 e. The van der Waals surface area contributed by atoms with Crippen molar-refractivity contribution < 1.29 is 32.7 Å². The molecule has 0 bridgehead atoms. The molecule has 2 aliphatic rings. The lowest BCUT2D eigenvalue weighted by molar-refractivity contribution is -0.192. The minimum atomic E-state index is -5.08. The van der Waals surface area contributed by atoms with Gasteiger partial charge in [-0.2, -0.15) is 13.2 Å². The van der Waals surface area contributed by atoms with Crippen LogP contribution >= 0.6 is 0 Å². The summed E-state index contributed by atoms with van der Waals surface area (Å²) in [5, 5.41) is 13.8. The SMILES string of the molecule is Cc1ccc(C(=O)c2ccccc2C(=O)NC[C@@H]2C[C@@H]3CCC[C@@H]3N2)cc1.O=C(O)C(F)(F)F. The van der Waals surface area contributed by atoms with Gasteiger partial charge in [0.15, 0.2) is 5.78 Å². The molecule has 0 radical (unpaired) electrons. The van der Waals surface area contributed by atoms with E-state index in [4.69, 9.17) is 9.90 Å². The van der Waals surface area contributed by atoms with E-state index in [-0.39, 0.29) is 11.7 Å². The van der Waals surface area contributed by atoms with Crippen LogP contribution in [0.2, 0.25) is 0 Å². The predicted octanol–water partition coefficient (Wildman–Crippen LogP) is 4.12. The molecule has 0 unspecified atom stereocenters. The van der Waals surface area contributed by atoms with Gasteiger partial charge in [0.05, 0.1) is 5.56 Å². The van der Waals surface area contributed by atoms with Crippen molar-refractivity contribution in [1.82, 2.24) is 10.6 Å². The number of fused-ring (bicyclic) bond motifs is 1. The second-order valence-corrected chi connectivity index (χ2v) is 8.65. The number of carbonyl (C=O) groups is 3. The summed E-state index contributed by atoms with van der Waals surface area (Å²) < 4.78 is 31.7. The molecule has 0 aromatic heterocycles. The van der Waals surface area contributed by atoms with Crippen molar-refractivity contribution in [3.8, 4) is 0 Å². The van der Waals surface area contributed by atoms with Crippen LogP contribution in [-0.4, -0.2) is 47.6 Å². The van der Waals surface area contributed by atoms with E-state index in [2.05, 4.69) is 10.6 Å². The first-order chi connectivity index (χ1) is 16.1. The minimum absolute atomic E-state index is 0.116. The predicted molar refractivity (Wildman–Crippen MR) is 120 cm³/mol. The summed E-state index contributed by atoms with van der Waals surface area (Å²) in [6.45, 7) is 2.60. The Balaban J connectivity index is 0.000000406. The molecule has 9 heteroatoms. The Bertz CT molecular complexity index is 1030. The number of aryl methyl sites for hydroxylation is 1. The van der Waals surface area contributed by atoms with Gasteiger partial charge in [0, 0.05) is 29.8 Å². The average Bonchev–Trinajstić information content (AvgIpc) is 3.39. The van der Waals surface area contributed by atoms with Crippen LogP contribution in [-0.2, 0) is 4.79 Å². The molecule has 4 rings (SSSR count). The molecule has 3 N–H and O–H groups in total. The van der Waals surface area contributed by atoms with E-state index < -0.39 is 12.1 Å². The van der Waals surface area contributed by atoms with E-state index in [9.17, 15) is 22.8 Å². The highest BCUT2D eigenvalue weighted by Crippen LogP contribution is 2.34.